The van der Waals surface area contributed by atoms with E-state index in [9.17, 15) is 13.2 Å². The lowest BCUT2D eigenvalue weighted by atomic mass is 10.2. The molecule has 1 fully saturated rings. The Morgan fingerprint density at radius 2 is 1.86 bits per heavy atom. The number of halogens is 1. The summed E-state index contributed by atoms with van der Waals surface area (Å²) < 4.78 is 38.0. The number of carbonyl (C=O) groups is 1. The molecule has 3 rings (SSSR count). The lowest BCUT2D eigenvalue weighted by Gasteiger charge is -2.26. The zero-order valence-electron chi connectivity index (χ0n) is 16.3. The van der Waals surface area contributed by atoms with E-state index in [2.05, 4.69) is 5.32 Å². The van der Waals surface area contributed by atoms with Crippen LogP contribution in [0.3, 0.4) is 0 Å². The van der Waals surface area contributed by atoms with Crippen molar-refractivity contribution in [3.8, 4) is 5.75 Å². The Balaban J connectivity index is 1.68. The predicted octanol–water partition coefficient (Wildman–Crippen LogP) is 3.00. The number of ether oxygens (including phenoxy) is 2. The van der Waals surface area contributed by atoms with Gasteiger partial charge in [0.15, 0.2) is 6.61 Å². The molecule has 0 radical (unpaired) electrons. The minimum atomic E-state index is -3.66. The Morgan fingerprint density at radius 1 is 1.14 bits per heavy atom. The highest BCUT2D eigenvalue weighted by Gasteiger charge is 2.28. The van der Waals surface area contributed by atoms with E-state index in [0.717, 1.165) is 5.56 Å². The predicted molar refractivity (Wildman–Crippen MR) is 111 cm³/mol. The van der Waals surface area contributed by atoms with Crippen molar-refractivity contribution in [3.63, 3.8) is 0 Å². The van der Waals surface area contributed by atoms with Crippen LogP contribution in [0.15, 0.2) is 41.3 Å². The van der Waals surface area contributed by atoms with E-state index in [1.807, 2.05) is 6.92 Å². The Hall–Kier alpha value is -2.13. The molecule has 7 nitrogen and oxygen atoms in total. The Kier molecular flexibility index (Phi) is 6.79. The van der Waals surface area contributed by atoms with Crippen molar-refractivity contribution < 1.29 is 22.7 Å². The zero-order chi connectivity index (χ0) is 21.0. The fourth-order valence-electron chi connectivity index (χ4n) is 2.93. The first-order chi connectivity index (χ1) is 13.8. The summed E-state index contributed by atoms with van der Waals surface area (Å²) in [6, 6.07) is 9.94. The van der Waals surface area contributed by atoms with Gasteiger partial charge in [0.1, 0.15) is 5.75 Å². The van der Waals surface area contributed by atoms with E-state index in [1.165, 1.54) is 10.4 Å². The van der Waals surface area contributed by atoms with Crippen molar-refractivity contribution in [1.29, 1.82) is 0 Å². The van der Waals surface area contributed by atoms with Crippen LogP contribution in [0, 0.1) is 13.8 Å². The first-order valence-electron chi connectivity index (χ1n) is 9.15. The molecule has 1 aliphatic heterocycles. The van der Waals surface area contributed by atoms with Crippen molar-refractivity contribution >= 4 is 33.2 Å². The summed E-state index contributed by atoms with van der Waals surface area (Å²) in [6.07, 6.45) is 0. The molecule has 1 heterocycles. The number of amides is 1. The molecular weight excluding hydrogens is 416 g/mol. The van der Waals surface area contributed by atoms with Gasteiger partial charge in [-0.3, -0.25) is 4.79 Å². The molecule has 0 saturated carbocycles. The highest BCUT2D eigenvalue weighted by Crippen LogP contribution is 2.25. The van der Waals surface area contributed by atoms with E-state index in [1.54, 1.807) is 37.3 Å². The third-order valence-corrected chi connectivity index (χ3v) is 7.02. The second kappa shape index (κ2) is 9.13. The van der Waals surface area contributed by atoms with E-state index in [4.69, 9.17) is 21.1 Å². The summed E-state index contributed by atoms with van der Waals surface area (Å²) in [5.74, 6) is 0.137. The van der Waals surface area contributed by atoms with E-state index in [0.29, 0.717) is 48.3 Å². The summed E-state index contributed by atoms with van der Waals surface area (Å²) in [6.45, 7) is 4.73. The fraction of sp³-hybridized carbons (Fsp3) is 0.350. The van der Waals surface area contributed by atoms with E-state index >= 15 is 0 Å². The molecule has 0 bridgehead atoms. The van der Waals surface area contributed by atoms with Crippen molar-refractivity contribution in [2.75, 3.05) is 38.2 Å². The highest BCUT2D eigenvalue weighted by molar-refractivity contribution is 7.89. The van der Waals surface area contributed by atoms with Crippen LogP contribution in [0.2, 0.25) is 5.02 Å². The average Bonchev–Trinajstić information content (AvgIpc) is 2.71. The molecule has 1 amide bonds. The van der Waals surface area contributed by atoms with Crippen molar-refractivity contribution in [1.82, 2.24) is 4.31 Å². The number of morpholine rings is 1. The molecule has 0 aromatic heterocycles. The van der Waals surface area contributed by atoms with Crippen LogP contribution < -0.4 is 10.1 Å². The zero-order valence-corrected chi connectivity index (χ0v) is 17.8. The van der Waals surface area contributed by atoms with Gasteiger partial charge in [0.05, 0.1) is 18.1 Å². The number of nitrogens with one attached hydrogen (secondary N) is 1. The van der Waals surface area contributed by atoms with Crippen molar-refractivity contribution in [2.45, 2.75) is 18.7 Å². The summed E-state index contributed by atoms with van der Waals surface area (Å²) >= 11 is 5.98. The molecule has 0 unspecified atom stereocenters. The quantitative estimate of drug-likeness (QED) is 0.749. The van der Waals surface area contributed by atoms with Crippen LogP contribution in [-0.2, 0) is 19.6 Å². The summed E-state index contributed by atoms with van der Waals surface area (Å²) in [7, 11) is -3.66. The molecule has 2 aromatic carbocycles. The van der Waals surface area contributed by atoms with Crippen LogP contribution in [-0.4, -0.2) is 51.5 Å². The van der Waals surface area contributed by atoms with Gasteiger partial charge in [0.2, 0.25) is 10.0 Å². The number of hydrogen-bond donors (Lipinski definition) is 1. The first kappa shape index (κ1) is 21.6. The Bertz CT molecular complexity index is 1000. The van der Waals surface area contributed by atoms with Gasteiger partial charge in [-0.2, -0.15) is 4.31 Å². The molecule has 1 N–H and O–H groups in total. The largest absolute Gasteiger partial charge is 0.484 e. The normalized spacial score (nSPS) is 15.1. The molecule has 0 spiro atoms. The van der Waals surface area contributed by atoms with Crippen LogP contribution in [0.4, 0.5) is 5.69 Å². The van der Waals surface area contributed by atoms with Gasteiger partial charge in [-0.05, 0) is 55.3 Å². The average molecular weight is 439 g/mol. The van der Waals surface area contributed by atoms with Crippen molar-refractivity contribution in [2.24, 2.45) is 0 Å². The SMILES string of the molecule is Cc1cc(OCC(=O)Nc2ccc(C)c(S(=O)(=O)N3CCOCC3)c2)ccc1Cl. The molecular formula is C20H23ClN2O5S. The molecule has 0 aliphatic carbocycles. The summed E-state index contributed by atoms with van der Waals surface area (Å²) in [5.41, 5.74) is 1.85. The van der Waals surface area contributed by atoms with Gasteiger partial charge >= 0.3 is 0 Å². The van der Waals surface area contributed by atoms with Crippen LogP contribution in [0.25, 0.3) is 0 Å². The minimum Gasteiger partial charge on any atom is -0.484 e. The number of rotatable bonds is 6. The maximum atomic E-state index is 12.9. The molecule has 29 heavy (non-hydrogen) atoms. The number of sulfonamides is 1. The smallest absolute Gasteiger partial charge is 0.262 e. The molecule has 156 valence electrons. The Morgan fingerprint density at radius 3 is 2.55 bits per heavy atom. The molecule has 2 aromatic rings. The maximum Gasteiger partial charge on any atom is 0.262 e. The van der Waals surface area contributed by atoms with Crippen LogP contribution in [0.5, 0.6) is 5.75 Å². The third-order valence-electron chi connectivity index (χ3n) is 4.56. The van der Waals surface area contributed by atoms with E-state index < -0.39 is 15.9 Å². The maximum absolute atomic E-state index is 12.9. The number of anilines is 1. The third kappa shape index (κ3) is 5.27. The molecule has 1 saturated heterocycles. The van der Waals surface area contributed by atoms with Gasteiger partial charge in [-0.1, -0.05) is 17.7 Å². The number of benzene rings is 2. The molecule has 9 heteroatoms. The topological polar surface area (TPSA) is 84.9 Å². The Labute approximate surface area is 175 Å². The van der Waals surface area contributed by atoms with Gasteiger partial charge in [-0.25, -0.2) is 8.42 Å². The second-order valence-electron chi connectivity index (χ2n) is 6.74. The highest BCUT2D eigenvalue weighted by atomic mass is 35.5. The monoisotopic (exact) mass is 438 g/mol. The van der Waals surface area contributed by atoms with Gasteiger partial charge in [0.25, 0.3) is 5.91 Å². The number of nitrogens with zero attached hydrogens (tertiary/aromatic N) is 1. The van der Waals surface area contributed by atoms with Gasteiger partial charge in [-0.15, -0.1) is 0 Å². The van der Waals surface area contributed by atoms with Crippen LogP contribution >= 0.6 is 11.6 Å². The van der Waals surface area contributed by atoms with Crippen LogP contribution in [0.1, 0.15) is 11.1 Å². The van der Waals surface area contributed by atoms with Crippen molar-refractivity contribution in [3.05, 3.63) is 52.5 Å². The van der Waals surface area contributed by atoms with Gasteiger partial charge < -0.3 is 14.8 Å². The molecule has 0 atom stereocenters. The minimum absolute atomic E-state index is 0.173. The second-order valence-corrected chi connectivity index (χ2v) is 9.06. The summed E-state index contributed by atoms with van der Waals surface area (Å²) in [5, 5.41) is 3.30. The molecule has 1 aliphatic rings. The first-order valence-corrected chi connectivity index (χ1v) is 11.0. The standard InChI is InChI=1S/C20H23ClN2O5S/c1-14-3-4-16(12-19(14)29(25,26)23-7-9-27-10-8-23)22-20(24)13-28-17-5-6-18(21)15(2)11-17/h3-6,11-12H,7-10,13H2,1-2H3,(H,22,24). The lowest BCUT2D eigenvalue weighted by molar-refractivity contribution is -0.118. The summed E-state index contributed by atoms with van der Waals surface area (Å²) in [4.78, 5) is 12.4. The lowest BCUT2D eigenvalue weighted by Crippen LogP contribution is -2.40. The number of aryl methyl sites for hydroxylation is 2. The fourth-order valence-corrected chi connectivity index (χ4v) is 4.71. The number of hydrogen-bond acceptors (Lipinski definition) is 5. The van der Waals surface area contributed by atoms with E-state index in [-0.39, 0.29) is 11.5 Å². The van der Waals surface area contributed by atoms with Gasteiger partial charge in [0, 0.05) is 23.8 Å². The number of carbonyl (C=O) groups excluding carboxylic acids is 1.